The third-order valence-corrected chi connectivity index (χ3v) is 4.33. The maximum atomic E-state index is 12.4. The molecule has 1 heterocycles. The molecule has 0 spiro atoms. The fraction of sp³-hybridized carbons (Fsp3) is 0.529. The first-order valence-corrected chi connectivity index (χ1v) is 8.12. The molecule has 0 aliphatic carbocycles. The molecule has 2 rings (SSSR count). The van der Waals surface area contributed by atoms with Crippen LogP contribution in [0.5, 0.6) is 11.5 Å². The van der Waals surface area contributed by atoms with Crippen LogP contribution in [0.1, 0.15) is 6.42 Å². The lowest BCUT2D eigenvalue weighted by Crippen LogP contribution is -2.52. The first-order chi connectivity index (χ1) is 11.9. The van der Waals surface area contributed by atoms with E-state index in [1.165, 1.54) is 7.11 Å². The molecule has 8 heteroatoms. The molecule has 1 aliphatic heterocycles. The number of likely N-dealkylation sites (N-methyl/N-ethyl adjacent to an activating group) is 1. The van der Waals surface area contributed by atoms with Crippen molar-refractivity contribution in [2.24, 2.45) is 0 Å². The van der Waals surface area contributed by atoms with E-state index >= 15 is 0 Å². The molecule has 2 N–H and O–H groups in total. The van der Waals surface area contributed by atoms with Crippen LogP contribution in [0.3, 0.4) is 0 Å². The van der Waals surface area contributed by atoms with Gasteiger partial charge in [-0.1, -0.05) is 0 Å². The van der Waals surface area contributed by atoms with Crippen molar-refractivity contribution in [1.82, 2.24) is 9.80 Å². The Bertz CT molecular complexity index is 614. The average Bonchev–Trinajstić information content (AvgIpc) is 2.60. The van der Waals surface area contributed by atoms with Gasteiger partial charge in [-0.15, -0.1) is 0 Å². The molecule has 138 valence electrons. The molecule has 0 bridgehead atoms. The Kier molecular flexibility index (Phi) is 6.60. The van der Waals surface area contributed by atoms with Gasteiger partial charge in [0.1, 0.15) is 17.5 Å². The monoisotopic (exact) mass is 351 g/mol. The lowest BCUT2D eigenvalue weighted by Gasteiger charge is -2.35. The van der Waals surface area contributed by atoms with Crippen molar-refractivity contribution < 1.29 is 24.2 Å². The van der Waals surface area contributed by atoms with E-state index in [0.717, 1.165) is 13.1 Å². The third kappa shape index (κ3) is 5.07. The zero-order valence-corrected chi connectivity index (χ0v) is 14.8. The zero-order chi connectivity index (χ0) is 18.4. The molecule has 8 nitrogen and oxygen atoms in total. The summed E-state index contributed by atoms with van der Waals surface area (Å²) in [7, 11) is 5.03. The van der Waals surface area contributed by atoms with Gasteiger partial charge in [0.2, 0.25) is 5.91 Å². The summed E-state index contributed by atoms with van der Waals surface area (Å²) in [6.45, 7) is 2.84. The first-order valence-electron chi connectivity index (χ1n) is 8.12. The number of hydrogen-bond acceptors (Lipinski definition) is 6. The van der Waals surface area contributed by atoms with Gasteiger partial charge in [0.15, 0.2) is 0 Å². The Morgan fingerprint density at radius 3 is 2.44 bits per heavy atom. The number of carbonyl (C=O) groups is 2. The summed E-state index contributed by atoms with van der Waals surface area (Å²) in [6.07, 6.45) is -0.117. The van der Waals surface area contributed by atoms with Gasteiger partial charge >= 0.3 is 5.97 Å². The van der Waals surface area contributed by atoms with E-state index in [1.54, 1.807) is 25.3 Å². The minimum atomic E-state index is -0.985. The molecule has 1 aromatic rings. The summed E-state index contributed by atoms with van der Waals surface area (Å²) in [5, 5.41) is 12.2. The van der Waals surface area contributed by atoms with Crippen molar-refractivity contribution in [2.75, 3.05) is 52.8 Å². The summed E-state index contributed by atoms with van der Waals surface area (Å²) in [5.74, 6) is -0.286. The van der Waals surface area contributed by atoms with Crippen LogP contribution in [0.4, 0.5) is 5.69 Å². The number of methoxy groups -OCH3 is 2. The number of amides is 1. The maximum Gasteiger partial charge on any atom is 0.321 e. The standard InChI is InChI=1S/C17H25N3O5/c1-19-6-8-20(9-7-19)14(17(22)23)11-16(21)18-13-5-4-12(24-2)10-15(13)25-3/h4-5,10,14H,6-9,11H2,1-3H3,(H,18,21)(H,22,23)/t14-/m1/s1. The highest BCUT2D eigenvalue weighted by molar-refractivity contribution is 5.95. The molecule has 1 aliphatic rings. The molecular weight excluding hydrogens is 326 g/mol. The number of piperazine rings is 1. The van der Waals surface area contributed by atoms with Crippen LogP contribution in [-0.4, -0.2) is 80.3 Å². The smallest absolute Gasteiger partial charge is 0.321 e. The molecule has 1 aromatic carbocycles. The summed E-state index contributed by atoms with van der Waals surface area (Å²) < 4.78 is 10.4. The van der Waals surface area contributed by atoms with Gasteiger partial charge in [-0.25, -0.2) is 0 Å². The Labute approximate surface area is 147 Å². The summed E-state index contributed by atoms with van der Waals surface area (Å²) in [5.41, 5.74) is 0.482. The minimum Gasteiger partial charge on any atom is -0.497 e. The van der Waals surface area contributed by atoms with Crippen LogP contribution in [0.15, 0.2) is 18.2 Å². The number of benzene rings is 1. The van der Waals surface area contributed by atoms with Gasteiger partial charge in [-0.05, 0) is 19.2 Å². The molecule has 1 amide bonds. The fourth-order valence-electron chi connectivity index (χ4n) is 2.78. The Morgan fingerprint density at radius 2 is 1.88 bits per heavy atom. The summed E-state index contributed by atoms with van der Waals surface area (Å²) in [4.78, 5) is 27.9. The third-order valence-electron chi connectivity index (χ3n) is 4.33. The van der Waals surface area contributed by atoms with Crippen LogP contribution < -0.4 is 14.8 Å². The van der Waals surface area contributed by atoms with E-state index in [9.17, 15) is 14.7 Å². The van der Waals surface area contributed by atoms with Crippen molar-refractivity contribution in [3.63, 3.8) is 0 Å². The summed E-state index contributed by atoms with van der Waals surface area (Å²) >= 11 is 0. The number of anilines is 1. The first kappa shape index (κ1) is 19.0. The molecule has 0 radical (unpaired) electrons. The van der Waals surface area contributed by atoms with Crippen LogP contribution in [0.2, 0.25) is 0 Å². The van der Waals surface area contributed by atoms with Gasteiger partial charge in [0.05, 0.1) is 26.3 Å². The summed E-state index contributed by atoms with van der Waals surface area (Å²) in [6, 6.07) is 4.19. The van der Waals surface area contributed by atoms with Gasteiger partial charge in [0, 0.05) is 32.2 Å². The van der Waals surface area contributed by atoms with Gasteiger partial charge < -0.3 is 24.8 Å². The number of carbonyl (C=O) groups excluding carboxylic acids is 1. The second-order valence-corrected chi connectivity index (χ2v) is 6.01. The highest BCUT2D eigenvalue weighted by Gasteiger charge is 2.30. The zero-order valence-electron chi connectivity index (χ0n) is 14.8. The number of aliphatic carboxylic acids is 1. The fourth-order valence-corrected chi connectivity index (χ4v) is 2.78. The number of nitrogens with one attached hydrogen (secondary N) is 1. The van der Waals surface area contributed by atoms with E-state index in [4.69, 9.17) is 9.47 Å². The van der Waals surface area contributed by atoms with Crippen LogP contribution in [-0.2, 0) is 9.59 Å². The lowest BCUT2D eigenvalue weighted by molar-refractivity contribution is -0.145. The number of carboxylic acids is 1. The second kappa shape index (κ2) is 8.68. The van der Waals surface area contributed by atoms with Crippen molar-refractivity contribution >= 4 is 17.6 Å². The molecule has 1 atom stereocenters. The van der Waals surface area contributed by atoms with E-state index in [2.05, 4.69) is 10.2 Å². The predicted octanol–water partition coefficient (Wildman–Crippen LogP) is 0.733. The van der Waals surface area contributed by atoms with Crippen molar-refractivity contribution in [3.8, 4) is 11.5 Å². The van der Waals surface area contributed by atoms with Crippen molar-refractivity contribution in [1.29, 1.82) is 0 Å². The van der Waals surface area contributed by atoms with E-state index in [0.29, 0.717) is 30.3 Å². The number of rotatable bonds is 7. The number of nitrogens with zero attached hydrogens (tertiary/aromatic N) is 2. The van der Waals surface area contributed by atoms with Gasteiger partial charge in [-0.2, -0.15) is 0 Å². The minimum absolute atomic E-state index is 0.117. The molecule has 1 fully saturated rings. The Morgan fingerprint density at radius 1 is 1.20 bits per heavy atom. The van der Waals surface area contributed by atoms with E-state index in [-0.39, 0.29) is 12.3 Å². The molecule has 25 heavy (non-hydrogen) atoms. The largest absolute Gasteiger partial charge is 0.497 e. The van der Waals surface area contributed by atoms with Crippen LogP contribution >= 0.6 is 0 Å². The molecule has 1 saturated heterocycles. The number of carboxylic acid groups (broad SMARTS) is 1. The van der Waals surface area contributed by atoms with E-state index in [1.807, 2.05) is 11.9 Å². The topological polar surface area (TPSA) is 91.3 Å². The van der Waals surface area contributed by atoms with Crippen LogP contribution in [0.25, 0.3) is 0 Å². The molecular formula is C17H25N3O5. The molecule has 0 saturated carbocycles. The Balaban J connectivity index is 2.03. The maximum absolute atomic E-state index is 12.4. The average molecular weight is 351 g/mol. The van der Waals surface area contributed by atoms with Crippen LogP contribution in [0, 0.1) is 0 Å². The quantitative estimate of drug-likeness (QED) is 0.748. The predicted molar refractivity (Wildman–Crippen MR) is 93.3 cm³/mol. The SMILES string of the molecule is COc1ccc(NC(=O)C[C@H](C(=O)O)N2CCN(C)CC2)c(OC)c1. The van der Waals surface area contributed by atoms with Gasteiger partial charge in [0.25, 0.3) is 0 Å². The Hall–Kier alpha value is -2.32. The van der Waals surface area contributed by atoms with E-state index < -0.39 is 12.0 Å². The van der Waals surface area contributed by atoms with Gasteiger partial charge in [-0.3, -0.25) is 14.5 Å². The highest BCUT2D eigenvalue weighted by Crippen LogP contribution is 2.29. The molecule has 0 unspecified atom stereocenters. The van der Waals surface area contributed by atoms with Crippen molar-refractivity contribution in [3.05, 3.63) is 18.2 Å². The van der Waals surface area contributed by atoms with Crippen molar-refractivity contribution in [2.45, 2.75) is 12.5 Å². The number of hydrogen-bond donors (Lipinski definition) is 2. The highest BCUT2D eigenvalue weighted by atomic mass is 16.5. The lowest BCUT2D eigenvalue weighted by atomic mass is 10.1. The molecule has 0 aromatic heterocycles. The normalized spacial score (nSPS) is 16.9. The number of ether oxygens (including phenoxy) is 2. The second-order valence-electron chi connectivity index (χ2n) is 6.01.